The minimum atomic E-state index is -0.151. The molecule has 178 valence electrons. The molecule has 0 aliphatic carbocycles. The van der Waals surface area contributed by atoms with Gasteiger partial charge < -0.3 is 4.90 Å². The number of hydrogen-bond acceptors (Lipinski definition) is 4. The average Bonchev–Trinajstić information content (AvgIpc) is 3.30. The molecule has 0 bridgehead atoms. The minimum absolute atomic E-state index is 0.151. The van der Waals surface area contributed by atoms with Gasteiger partial charge in [-0.25, -0.2) is 9.97 Å². The number of para-hydroxylation sites is 1. The van der Waals surface area contributed by atoms with Crippen LogP contribution in [0.15, 0.2) is 84.9 Å². The van der Waals surface area contributed by atoms with Crippen molar-refractivity contribution in [2.75, 3.05) is 11.9 Å². The van der Waals surface area contributed by atoms with E-state index in [1.54, 1.807) is 11.3 Å². The van der Waals surface area contributed by atoms with Gasteiger partial charge in [-0.1, -0.05) is 89.7 Å². The number of carbonyl (C=O) groups excluding carboxylic acids is 1. The van der Waals surface area contributed by atoms with Crippen LogP contribution in [-0.2, 0) is 19.5 Å². The van der Waals surface area contributed by atoms with Gasteiger partial charge >= 0.3 is 0 Å². The third-order valence-electron chi connectivity index (χ3n) is 6.73. The lowest BCUT2D eigenvalue weighted by molar-refractivity contribution is -0.929. The number of fused-ring (bicyclic) bond motifs is 2. The highest BCUT2D eigenvalue weighted by molar-refractivity contribution is 7.15. The zero-order valence-corrected chi connectivity index (χ0v) is 20.9. The third kappa shape index (κ3) is 4.65. The highest BCUT2D eigenvalue weighted by Gasteiger charge is 2.25. The first kappa shape index (κ1) is 22.6. The Hall–Kier alpha value is -3.87. The van der Waals surface area contributed by atoms with Crippen LogP contribution in [0.25, 0.3) is 22.2 Å². The van der Waals surface area contributed by atoms with Crippen molar-refractivity contribution in [1.82, 2.24) is 9.97 Å². The van der Waals surface area contributed by atoms with Gasteiger partial charge in [-0.2, -0.15) is 0 Å². The molecule has 1 aliphatic heterocycles. The molecule has 0 spiro atoms. The quantitative estimate of drug-likeness (QED) is 0.361. The molecule has 5 aromatic rings. The van der Waals surface area contributed by atoms with Gasteiger partial charge in [0, 0.05) is 22.9 Å². The highest BCUT2D eigenvalue weighted by atomic mass is 32.1. The molecule has 3 aromatic carbocycles. The van der Waals surface area contributed by atoms with Crippen molar-refractivity contribution in [3.63, 3.8) is 0 Å². The lowest BCUT2D eigenvalue weighted by Gasteiger charge is -2.22. The standard InChI is InChI=1S/C30H26N4OS/c1-20-11-13-22(14-12-20)27-17-24(23-9-5-6-10-25(23)31-27)29(35)33-30-32-26-15-16-34(19-28(26)36-30)18-21-7-3-2-4-8-21/h2-14,17H,15-16,18-19H2,1H3,(H,32,33,35)/p+1. The number of aromatic nitrogens is 2. The molecule has 0 radical (unpaired) electrons. The molecule has 2 N–H and O–H groups in total. The Labute approximate surface area is 214 Å². The number of rotatable bonds is 5. The van der Waals surface area contributed by atoms with Crippen LogP contribution >= 0.6 is 11.3 Å². The summed E-state index contributed by atoms with van der Waals surface area (Å²) in [6.45, 7) is 5.05. The molecule has 5 nitrogen and oxygen atoms in total. The van der Waals surface area contributed by atoms with Crippen molar-refractivity contribution in [2.45, 2.75) is 26.4 Å². The lowest BCUT2D eigenvalue weighted by atomic mass is 10.0. The minimum Gasteiger partial charge on any atom is -0.326 e. The fourth-order valence-electron chi connectivity index (χ4n) is 4.82. The Morgan fingerprint density at radius 2 is 1.75 bits per heavy atom. The molecule has 6 heteroatoms. The molecule has 0 saturated carbocycles. The SMILES string of the molecule is Cc1ccc(-c2cc(C(=O)Nc3nc4c(s3)C[NH+](Cc3ccccc3)CC4)c3ccccc3n2)cc1. The number of nitrogens with one attached hydrogen (secondary N) is 2. The predicted molar refractivity (Wildman–Crippen MR) is 145 cm³/mol. The van der Waals surface area contributed by atoms with Crippen LogP contribution in [0.1, 0.15) is 32.1 Å². The molecule has 1 aliphatic rings. The second-order valence-corrected chi connectivity index (χ2v) is 10.5. The fraction of sp³-hybridized carbons (Fsp3) is 0.167. The first-order valence-electron chi connectivity index (χ1n) is 12.3. The Morgan fingerprint density at radius 3 is 2.58 bits per heavy atom. The van der Waals surface area contributed by atoms with Crippen molar-refractivity contribution in [3.05, 3.63) is 112 Å². The number of thiazole rings is 1. The average molecular weight is 492 g/mol. The van der Waals surface area contributed by atoms with E-state index >= 15 is 0 Å². The van der Waals surface area contributed by atoms with E-state index < -0.39 is 0 Å². The molecule has 1 atom stereocenters. The van der Waals surface area contributed by atoms with Crippen LogP contribution < -0.4 is 10.2 Å². The molecule has 0 fully saturated rings. The summed E-state index contributed by atoms with van der Waals surface area (Å²) in [4.78, 5) is 25.9. The number of anilines is 1. The topological polar surface area (TPSA) is 59.3 Å². The first-order chi connectivity index (χ1) is 17.6. The van der Waals surface area contributed by atoms with Gasteiger partial charge in [0.15, 0.2) is 5.13 Å². The maximum atomic E-state index is 13.5. The molecule has 3 heterocycles. The zero-order chi connectivity index (χ0) is 24.5. The Morgan fingerprint density at radius 1 is 0.972 bits per heavy atom. The van der Waals surface area contributed by atoms with Crippen LogP contribution in [0.4, 0.5) is 5.13 Å². The Kier molecular flexibility index (Phi) is 6.05. The summed E-state index contributed by atoms with van der Waals surface area (Å²) in [6, 6.07) is 28.5. The van der Waals surface area contributed by atoms with Gasteiger partial charge in [0.1, 0.15) is 13.1 Å². The third-order valence-corrected chi connectivity index (χ3v) is 7.74. The molecule has 0 saturated heterocycles. The van der Waals surface area contributed by atoms with Crippen LogP contribution in [0.3, 0.4) is 0 Å². The summed E-state index contributed by atoms with van der Waals surface area (Å²) in [7, 11) is 0. The summed E-state index contributed by atoms with van der Waals surface area (Å²) < 4.78 is 0. The van der Waals surface area contributed by atoms with Gasteiger partial charge in [0.25, 0.3) is 5.91 Å². The normalized spacial score (nSPS) is 15.0. The first-order valence-corrected chi connectivity index (χ1v) is 13.1. The van der Waals surface area contributed by atoms with Gasteiger partial charge in [0.05, 0.1) is 33.9 Å². The van der Waals surface area contributed by atoms with E-state index in [1.807, 2.05) is 42.5 Å². The number of nitrogens with zero attached hydrogens (tertiary/aromatic N) is 2. The van der Waals surface area contributed by atoms with Crippen molar-refractivity contribution >= 4 is 33.3 Å². The Balaban J connectivity index is 1.25. The molecule has 36 heavy (non-hydrogen) atoms. The monoisotopic (exact) mass is 491 g/mol. The van der Waals surface area contributed by atoms with Crippen molar-refractivity contribution < 1.29 is 9.69 Å². The summed E-state index contributed by atoms with van der Waals surface area (Å²) in [5, 5.41) is 4.60. The van der Waals surface area contributed by atoms with E-state index in [2.05, 4.69) is 54.7 Å². The Bertz CT molecular complexity index is 1540. The van der Waals surface area contributed by atoms with E-state index in [0.29, 0.717) is 10.7 Å². The van der Waals surface area contributed by atoms with Gasteiger partial charge in [-0.05, 0) is 19.1 Å². The smallest absolute Gasteiger partial charge is 0.258 e. The van der Waals surface area contributed by atoms with E-state index in [-0.39, 0.29) is 5.91 Å². The lowest BCUT2D eigenvalue weighted by Crippen LogP contribution is -3.10. The summed E-state index contributed by atoms with van der Waals surface area (Å²) in [6.07, 6.45) is 0.930. The summed E-state index contributed by atoms with van der Waals surface area (Å²) in [5.41, 5.74) is 6.86. The van der Waals surface area contributed by atoms with Crippen molar-refractivity contribution in [2.24, 2.45) is 0 Å². The van der Waals surface area contributed by atoms with Crippen LogP contribution in [0, 0.1) is 6.92 Å². The molecule has 2 aromatic heterocycles. The predicted octanol–water partition coefficient (Wildman–Crippen LogP) is 5.06. The van der Waals surface area contributed by atoms with Gasteiger partial charge in [-0.3, -0.25) is 10.1 Å². The number of quaternary nitrogens is 1. The highest BCUT2D eigenvalue weighted by Crippen LogP contribution is 2.28. The van der Waals surface area contributed by atoms with Gasteiger partial charge in [0.2, 0.25) is 0 Å². The number of amides is 1. The maximum Gasteiger partial charge on any atom is 0.258 e. The van der Waals surface area contributed by atoms with Crippen LogP contribution in [0.5, 0.6) is 0 Å². The molecule has 1 amide bonds. The molecule has 6 rings (SSSR count). The van der Waals surface area contributed by atoms with Crippen molar-refractivity contribution in [1.29, 1.82) is 0 Å². The zero-order valence-electron chi connectivity index (χ0n) is 20.1. The van der Waals surface area contributed by atoms with E-state index in [9.17, 15) is 4.79 Å². The number of carbonyl (C=O) groups is 1. The fourth-order valence-corrected chi connectivity index (χ4v) is 5.89. The number of pyridine rings is 1. The molecule has 1 unspecified atom stereocenters. The second-order valence-electron chi connectivity index (χ2n) is 9.37. The second kappa shape index (κ2) is 9.64. The molecular formula is C30H27N4OS+. The number of benzene rings is 3. The van der Waals surface area contributed by atoms with E-state index in [0.717, 1.165) is 53.9 Å². The van der Waals surface area contributed by atoms with Gasteiger partial charge in [-0.15, -0.1) is 0 Å². The van der Waals surface area contributed by atoms with Crippen LogP contribution in [-0.4, -0.2) is 22.4 Å². The summed E-state index contributed by atoms with van der Waals surface area (Å²) >= 11 is 1.60. The largest absolute Gasteiger partial charge is 0.326 e. The van der Waals surface area contributed by atoms with E-state index in [1.165, 1.54) is 20.9 Å². The van der Waals surface area contributed by atoms with E-state index in [4.69, 9.17) is 9.97 Å². The number of aryl methyl sites for hydroxylation is 1. The van der Waals surface area contributed by atoms with Crippen molar-refractivity contribution in [3.8, 4) is 11.3 Å². The van der Waals surface area contributed by atoms with Crippen LogP contribution in [0.2, 0.25) is 0 Å². The number of hydrogen-bond donors (Lipinski definition) is 2. The molecular weight excluding hydrogens is 464 g/mol. The summed E-state index contributed by atoms with van der Waals surface area (Å²) in [5.74, 6) is -0.151. The maximum absolute atomic E-state index is 13.5.